The molecule has 1 aromatic rings. The number of carbonyl (C=O) groups is 2. The molecule has 1 aliphatic carbocycles. The van der Waals surface area contributed by atoms with Crippen LogP contribution in [0.1, 0.15) is 57.8 Å². The second-order valence-corrected chi connectivity index (χ2v) is 12.8. The van der Waals surface area contributed by atoms with Gasteiger partial charge in [0.15, 0.2) is 32.2 Å². The van der Waals surface area contributed by atoms with Crippen LogP contribution >= 0.6 is 0 Å². The molecule has 0 radical (unpaired) electrons. The molecule has 0 aliphatic heterocycles. The van der Waals surface area contributed by atoms with Crippen molar-refractivity contribution in [1.82, 2.24) is 5.32 Å². The minimum Gasteiger partial charge on any atom is -0.379 e. The number of halogens is 3. The Balaban J connectivity index is 2.16. The molecule has 0 aromatic heterocycles. The highest BCUT2D eigenvalue weighted by molar-refractivity contribution is 7.91. The quantitative estimate of drug-likeness (QED) is 0.143. The van der Waals surface area contributed by atoms with Crippen molar-refractivity contribution in [2.75, 3.05) is 44.0 Å². The molecule has 0 heterocycles. The number of hydrogen-bond acceptors (Lipinski definition) is 9. The molecule has 1 fully saturated rings. The predicted octanol–water partition coefficient (Wildman–Crippen LogP) is 2.18. The van der Waals surface area contributed by atoms with E-state index < -0.39 is 76.9 Å². The number of sulfone groups is 1. The summed E-state index contributed by atoms with van der Waals surface area (Å²) < 4.78 is 105. The number of amides is 1. The average molecular weight is 616 g/mol. The average Bonchev–Trinajstić information content (AvgIpc) is 2.85. The summed E-state index contributed by atoms with van der Waals surface area (Å²) in [6.07, 6.45) is 5.42. The normalized spacial score (nSPS) is 15.3. The van der Waals surface area contributed by atoms with E-state index >= 15 is 8.78 Å². The third-order valence-corrected chi connectivity index (χ3v) is 8.88. The Morgan fingerprint density at radius 2 is 1.45 bits per heavy atom. The topological polar surface area (TPSA) is 171 Å². The van der Waals surface area contributed by atoms with Crippen LogP contribution in [0.3, 0.4) is 0 Å². The lowest BCUT2D eigenvalue weighted by Crippen LogP contribution is -2.30. The van der Waals surface area contributed by atoms with Crippen molar-refractivity contribution < 1.29 is 49.1 Å². The Bertz CT molecular complexity index is 1220. The molecule has 0 unspecified atom stereocenters. The van der Waals surface area contributed by atoms with Gasteiger partial charge in [-0.25, -0.2) is 35.1 Å². The zero-order chi connectivity index (χ0) is 29.8. The van der Waals surface area contributed by atoms with Crippen molar-refractivity contribution in [1.29, 1.82) is 0 Å². The number of primary sulfonamides is 1. The van der Waals surface area contributed by atoms with Crippen LogP contribution in [0.15, 0.2) is 9.79 Å². The van der Waals surface area contributed by atoms with Gasteiger partial charge in [-0.2, -0.15) is 0 Å². The van der Waals surface area contributed by atoms with E-state index in [9.17, 15) is 30.8 Å². The largest absolute Gasteiger partial charge is 0.379 e. The number of ether oxygens (including phenoxy) is 2. The molecule has 1 saturated carbocycles. The number of aldehydes is 1. The minimum absolute atomic E-state index is 0.0162. The first kappa shape index (κ1) is 33.9. The molecule has 1 aliphatic rings. The maximum absolute atomic E-state index is 15.4. The number of carbonyl (C=O) groups excluding carboxylic acids is 2. The number of nitrogens with two attached hydrogens (primary N) is 1. The molecule has 0 saturated heterocycles. The molecule has 4 N–H and O–H groups in total. The van der Waals surface area contributed by atoms with Gasteiger partial charge < -0.3 is 24.9 Å². The fourth-order valence-corrected chi connectivity index (χ4v) is 6.40. The Labute approximate surface area is 232 Å². The van der Waals surface area contributed by atoms with Gasteiger partial charge in [-0.3, -0.25) is 4.79 Å². The fraction of sp³-hybridized carbons (Fsp3) is 0.667. The van der Waals surface area contributed by atoms with Crippen LogP contribution < -0.4 is 15.8 Å². The lowest BCUT2D eigenvalue weighted by molar-refractivity contribution is -0.121. The van der Waals surface area contributed by atoms with Crippen LogP contribution in [-0.2, 0) is 38.9 Å². The molecule has 40 heavy (non-hydrogen) atoms. The first-order valence-corrected chi connectivity index (χ1v) is 16.2. The summed E-state index contributed by atoms with van der Waals surface area (Å²) in [5, 5.41) is 9.92. The molecular formula is C24H36F3N3O8S2. The molecule has 0 atom stereocenters. The van der Waals surface area contributed by atoms with Gasteiger partial charge in [0, 0.05) is 25.4 Å². The monoisotopic (exact) mass is 615 g/mol. The Morgan fingerprint density at radius 1 is 0.875 bits per heavy atom. The molecule has 11 nitrogen and oxygen atoms in total. The highest BCUT2D eigenvalue weighted by atomic mass is 32.2. The molecule has 1 aromatic carbocycles. The van der Waals surface area contributed by atoms with Crippen LogP contribution in [0.2, 0.25) is 0 Å². The van der Waals surface area contributed by atoms with E-state index in [4.69, 9.17) is 14.6 Å². The summed E-state index contributed by atoms with van der Waals surface area (Å²) in [6, 6.07) is -0.527. The van der Waals surface area contributed by atoms with Gasteiger partial charge in [-0.05, 0) is 12.8 Å². The van der Waals surface area contributed by atoms with E-state index in [-0.39, 0.29) is 39.4 Å². The Hall–Kier alpha value is -2.27. The predicted molar refractivity (Wildman–Crippen MR) is 139 cm³/mol. The van der Waals surface area contributed by atoms with Crippen molar-refractivity contribution in [3.63, 3.8) is 0 Å². The van der Waals surface area contributed by atoms with Gasteiger partial charge in [0.05, 0.1) is 37.9 Å². The molecule has 0 spiro atoms. The summed E-state index contributed by atoms with van der Waals surface area (Å²) in [6.45, 7) is 0.785. The molecule has 16 heteroatoms. The zero-order valence-corrected chi connectivity index (χ0v) is 23.7. The SMILES string of the molecule is NS(=O)(=O)c1c(F)c(F)c(S(=O)(=O)CCC(=O)NCCOCCOCCC=O)c(NC2CCCCCCC2)c1F. The van der Waals surface area contributed by atoms with Crippen molar-refractivity contribution in [3.8, 4) is 0 Å². The van der Waals surface area contributed by atoms with E-state index in [2.05, 4.69) is 10.6 Å². The molecular weight excluding hydrogens is 579 g/mol. The van der Waals surface area contributed by atoms with Gasteiger partial charge in [0.2, 0.25) is 15.9 Å². The van der Waals surface area contributed by atoms with Crippen molar-refractivity contribution in [3.05, 3.63) is 17.5 Å². The maximum atomic E-state index is 15.4. The van der Waals surface area contributed by atoms with Crippen LogP contribution in [-0.4, -0.2) is 73.8 Å². The molecule has 2 rings (SSSR count). The zero-order valence-electron chi connectivity index (χ0n) is 22.1. The highest BCUT2D eigenvalue weighted by Crippen LogP contribution is 2.37. The van der Waals surface area contributed by atoms with Gasteiger partial charge in [0.25, 0.3) is 0 Å². The third-order valence-electron chi connectivity index (χ3n) is 6.20. The van der Waals surface area contributed by atoms with E-state index in [0.29, 0.717) is 32.0 Å². The Morgan fingerprint density at radius 3 is 2.05 bits per heavy atom. The van der Waals surface area contributed by atoms with E-state index in [1.54, 1.807) is 0 Å². The summed E-state index contributed by atoms with van der Waals surface area (Å²) in [5.74, 6) is -7.93. The van der Waals surface area contributed by atoms with Crippen LogP contribution in [0.5, 0.6) is 0 Å². The van der Waals surface area contributed by atoms with Crippen molar-refractivity contribution in [2.24, 2.45) is 5.14 Å². The van der Waals surface area contributed by atoms with Crippen molar-refractivity contribution in [2.45, 2.75) is 73.6 Å². The molecule has 0 bridgehead atoms. The van der Waals surface area contributed by atoms with Crippen LogP contribution in [0, 0.1) is 17.5 Å². The first-order valence-electron chi connectivity index (χ1n) is 13.0. The molecule has 228 valence electrons. The molecule has 1 amide bonds. The number of benzene rings is 1. The van der Waals surface area contributed by atoms with Crippen LogP contribution in [0.25, 0.3) is 0 Å². The maximum Gasteiger partial charge on any atom is 0.244 e. The number of sulfonamides is 1. The Kier molecular flexibility index (Phi) is 13.8. The van der Waals surface area contributed by atoms with Gasteiger partial charge in [-0.15, -0.1) is 0 Å². The second kappa shape index (κ2) is 16.2. The minimum atomic E-state index is -5.10. The highest BCUT2D eigenvalue weighted by Gasteiger charge is 2.37. The lowest BCUT2D eigenvalue weighted by atomic mass is 9.96. The summed E-state index contributed by atoms with van der Waals surface area (Å²) >= 11 is 0. The van der Waals surface area contributed by atoms with E-state index in [0.717, 1.165) is 19.3 Å². The number of rotatable bonds is 16. The van der Waals surface area contributed by atoms with Crippen LogP contribution in [0.4, 0.5) is 18.9 Å². The van der Waals surface area contributed by atoms with E-state index in [1.165, 1.54) is 0 Å². The smallest absolute Gasteiger partial charge is 0.244 e. The van der Waals surface area contributed by atoms with Crippen molar-refractivity contribution >= 4 is 37.7 Å². The van der Waals surface area contributed by atoms with Gasteiger partial charge in [0.1, 0.15) is 11.2 Å². The summed E-state index contributed by atoms with van der Waals surface area (Å²) in [4.78, 5) is 19.2. The number of nitrogens with one attached hydrogen (secondary N) is 2. The third kappa shape index (κ3) is 10.3. The van der Waals surface area contributed by atoms with Gasteiger partial charge in [-0.1, -0.05) is 32.1 Å². The second-order valence-electron chi connectivity index (χ2n) is 9.31. The lowest BCUT2D eigenvalue weighted by Gasteiger charge is -2.25. The standard InChI is InChI=1S/C24H36F3N3O8S2/c25-19-20(26)24(39(33,34)16-9-18(32)29-10-13-38-15-14-37-12-6-11-31)22(21(27)23(19)40(28,35)36)30-17-7-4-2-1-3-5-8-17/h11,17,30H,1-10,12-16H2,(H,29,32)(H2,28,35,36). The first-order chi connectivity index (χ1) is 18.9. The summed E-state index contributed by atoms with van der Waals surface area (Å²) in [7, 11) is -9.92. The summed E-state index contributed by atoms with van der Waals surface area (Å²) in [5.41, 5.74) is -1.02. The number of hydrogen-bond donors (Lipinski definition) is 3. The number of anilines is 1. The van der Waals surface area contributed by atoms with E-state index in [1.807, 2.05) is 0 Å². The fourth-order valence-electron chi connectivity index (χ4n) is 4.23. The van der Waals surface area contributed by atoms with Gasteiger partial charge >= 0.3 is 0 Å².